The second kappa shape index (κ2) is 20.0. The summed E-state index contributed by atoms with van der Waals surface area (Å²) in [5.41, 5.74) is 15.0. The van der Waals surface area contributed by atoms with E-state index in [-0.39, 0.29) is 0 Å². The number of fused-ring (bicyclic) bond motifs is 1. The molecule has 0 unspecified atom stereocenters. The number of hydrogen-bond acceptors (Lipinski definition) is 2. The Morgan fingerprint density at radius 1 is 0.878 bits per heavy atom. The molecule has 0 atom stereocenters. The summed E-state index contributed by atoms with van der Waals surface area (Å²) < 4.78 is 0. The number of rotatable bonds is 7. The topological polar surface area (TPSA) is 38.9 Å². The van der Waals surface area contributed by atoms with Crippen molar-refractivity contribution in [2.75, 3.05) is 6.54 Å². The molecule has 0 saturated heterocycles. The summed E-state index contributed by atoms with van der Waals surface area (Å²) in [5.74, 6) is 0.861. The molecule has 2 heteroatoms. The first kappa shape index (κ1) is 34.2. The fourth-order valence-electron chi connectivity index (χ4n) is 5.92. The highest BCUT2D eigenvalue weighted by Gasteiger charge is 2.19. The van der Waals surface area contributed by atoms with Gasteiger partial charge in [-0.25, -0.2) is 0 Å². The minimum atomic E-state index is 0.828. The number of benzene rings is 1. The lowest BCUT2D eigenvalue weighted by Crippen LogP contribution is -2.10. The Labute approximate surface area is 251 Å². The predicted molar refractivity (Wildman–Crippen MR) is 184 cm³/mol. The number of pyridine rings is 1. The van der Waals surface area contributed by atoms with E-state index in [1.54, 1.807) is 5.57 Å². The SMILES string of the molecule is C=C.CC.Cc1cc(C)c2ccc(C3=CC=C(C4CCCCC4)CC3)cc2n1.NCCCCCC1=CC=CCC=C1. The van der Waals surface area contributed by atoms with Crippen molar-refractivity contribution in [2.24, 2.45) is 11.7 Å². The number of hydrogen-bond donors (Lipinski definition) is 1. The van der Waals surface area contributed by atoms with Crippen LogP contribution in [0.3, 0.4) is 0 Å². The summed E-state index contributed by atoms with van der Waals surface area (Å²) in [5, 5.41) is 1.28. The zero-order chi connectivity index (χ0) is 29.9. The second-order valence-electron chi connectivity index (χ2n) is 11.0. The first-order chi connectivity index (χ1) is 20.1. The van der Waals surface area contributed by atoms with Gasteiger partial charge < -0.3 is 5.73 Å². The van der Waals surface area contributed by atoms with Crippen LogP contribution >= 0.6 is 0 Å². The van der Waals surface area contributed by atoms with Crippen molar-refractivity contribution in [2.45, 2.75) is 105 Å². The largest absolute Gasteiger partial charge is 0.330 e. The molecule has 1 saturated carbocycles. The zero-order valence-electron chi connectivity index (χ0n) is 26.6. The van der Waals surface area contributed by atoms with Gasteiger partial charge in [0, 0.05) is 11.1 Å². The fourth-order valence-corrected chi connectivity index (χ4v) is 5.92. The monoisotopic (exact) mass is 552 g/mol. The van der Waals surface area contributed by atoms with E-state index in [1.807, 2.05) is 13.8 Å². The van der Waals surface area contributed by atoms with Crippen LogP contribution in [0, 0.1) is 19.8 Å². The highest BCUT2D eigenvalue weighted by molar-refractivity contribution is 5.86. The maximum Gasteiger partial charge on any atom is 0.0713 e. The highest BCUT2D eigenvalue weighted by atomic mass is 14.7. The van der Waals surface area contributed by atoms with E-state index in [2.05, 4.69) is 93.8 Å². The van der Waals surface area contributed by atoms with Crippen LogP contribution < -0.4 is 5.73 Å². The normalized spacial score (nSPS) is 16.5. The molecular formula is C39H56N2. The molecule has 0 spiro atoms. The van der Waals surface area contributed by atoms with Gasteiger partial charge in [0.1, 0.15) is 0 Å². The Morgan fingerprint density at radius 3 is 2.37 bits per heavy atom. The second-order valence-corrected chi connectivity index (χ2v) is 11.0. The molecule has 0 radical (unpaired) electrons. The van der Waals surface area contributed by atoms with E-state index in [0.29, 0.717) is 0 Å². The molecule has 0 aliphatic heterocycles. The van der Waals surface area contributed by atoms with Gasteiger partial charge in [0.05, 0.1) is 5.52 Å². The summed E-state index contributed by atoms with van der Waals surface area (Å²) in [6, 6.07) is 8.97. The van der Waals surface area contributed by atoms with Crippen molar-refractivity contribution in [3.05, 3.63) is 108 Å². The van der Waals surface area contributed by atoms with Gasteiger partial charge in [-0.1, -0.05) is 99.8 Å². The molecule has 222 valence electrons. The first-order valence-corrected chi connectivity index (χ1v) is 16.1. The fraction of sp³-hybridized carbons (Fsp3) is 0.462. The van der Waals surface area contributed by atoms with Crippen molar-refractivity contribution < 1.29 is 0 Å². The maximum absolute atomic E-state index is 5.43. The number of aromatic nitrogens is 1. The molecule has 0 bridgehead atoms. The number of unbranched alkanes of at least 4 members (excludes halogenated alkanes) is 2. The van der Waals surface area contributed by atoms with E-state index in [1.165, 1.54) is 91.9 Å². The van der Waals surface area contributed by atoms with Crippen LogP contribution in [0.1, 0.15) is 108 Å². The van der Waals surface area contributed by atoms with Gasteiger partial charge in [0.25, 0.3) is 0 Å². The molecule has 1 aromatic heterocycles. The van der Waals surface area contributed by atoms with E-state index in [9.17, 15) is 0 Å². The smallest absolute Gasteiger partial charge is 0.0713 e. The van der Waals surface area contributed by atoms with Crippen LogP contribution in [-0.2, 0) is 0 Å². The Balaban J connectivity index is 0.000000295. The predicted octanol–water partition coefficient (Wildman–Crippen LogP) is 11.3. The van der Waals surface area contributed by atoms with Crippen LogP contribution in [-0.4, -0.2) is 11.5 Å². The molecule has 3 aliphatic rings. The van der Waals surface area contributed by atoms with Crippen LogP contribution in [0.5, 0.6) is 0 Å². The summed E-state index contributed by atoms with van der Waals surface area (Å²) in [4.78, 5) is 4.74. The zero-order valence-corrected chi connectivity index (χ0v) is 26.6. The van der Waals surface area contributed by atoms with Gasteiger partial charge in [-0.2, -0.15) is 0 Å². The molecule has 1 aromatic carbocycles. The maximum atomic E-state index is 5.43. The molecule has 2 N–H and O–H groups in total. The van der Waals surface area contributed by atoms with Gasteiger partial charge >= 0.3 is 0 Å². The van der Waals surface area contributed by atoms with E-state index in [0.717, 1.165) is 36.5 Å². The van der Waals surface area contributed by atoms with Crippen molar-refractivity contribution in [1.29, 1.82) is 0 Å². The molecule has 2 nitrogen and oxygen atoms in total. The Hall–Kier alpha value is -2.97. The quantitative estimate of drug-likeness (QED) is 0.274. The van der Waals surface area contributed by atoms with Gasteiger partial charge in [-0.15, -0.1) is 13.2 Å². The lowest BCUT2D eigenvalue weighted by Gasteiger charge is -2.26. The first-order valence-electron chi connectivity index (χ1n) is 16.1. The number of nitrogens with two attached hydrogens (primary N) is 1. The van der Waals surface area contributed by atoms with Gasteiger partial charge in [0.2, 0.25) is 0 Å². The van der Waals surface area contributed by atoms with Gasteiger partial charge in [0.15, 0.2) is 0 Å². The van der Waals surface area contributed by atoms with Crippen molar-refractivity contribution >= 4 is 16.5 Å². The Kier molecular flexibility index (Phi) is 16.7. The number of aryl methyl sites for hydroxylation is 2. The Bertz CT molecular complexity index is 1200. The minimum Gasteiger partial charge on any atom is -0.330 e. The van der Waals surface area contributed by atoms with Crippen molar-refractivity contribution in [3.63, 3.8) is 0 Å². The van der Waals surface area contributed by atoms with E-state index >= 15 is 0 Å². The standard InChI is InChI=1S/C23H27N.C12H19N.C2H6.C2H4/c1-16-14-17(2)24-23-15-21(12-13-22(16)23)20-10-8-19(9-11-20)18-6-4-3-5-7-18;13-11-7-3-6-10-12-8-4-1-2-5-9-12;2*1-2/h8,10,12-15,18H,3-7,9,11H2,1-2H3;1,4-5,8-9H,2-3,6-7,10-11,13H2;1-2H3;1-2H2. The third-order valence-electron chi connectivity index (χ3n) is 8.05. The summed E-state index contributed by atoms with van der Waals surface area (Å²) in [7, 11) is 0. The molecule has 1 heterocycles. The van der Waals surface area contributed by atoms with Gasteiger partial charge in [-0.3, -0.25) is 4.98 Å². The van der Waals surface area contributed by atoms with Crippen molar-refractivity contribution in [1.82, 2.24) is 4.98 Å². The molecule has 5 rings (SSSR count). The third kappa shape index (κ3) is 11.4. The molecule has 41 heavy (non-hydrogen) atoms. The average molecular weight is 553 g/mol. The third-order valence-corrected chi connectivity index (χ3v) is 8.05. The average Bonchev–Trinajstić information content (AvgIpc) is 3.31. The molecule has 1 fully saturated rings. The summed E-state index contributed by atoms with van der Waals surface area (Å²) in [6.07, 6.45) is 31.3. The lowest BCUT2D eigenvalue weighted by atomic mass is 9.79. The van der Waals surface area contributed by atoms with Crippen LogP contribution in [0.25, 0.3) is 16.5 Å². The van der Waals surface area contributed by atoms with Crippen LogP contribution in [0.15, 0.2) is 91.1 Å². The van der Waals surface area contributed by atoms with Crippen LogP contribution in [0.2, 0.25) is 0 Å². The van der Waals surface area contributed by atoms with E-state index < -0.39 is 0 Å². The summed E-state index contributed by atoms with van der Waals surface area (Å²) in [6.45, 7) is 15.1. The molecular weight excluding hydrogens is 496 g/mol. The molecule has 2 aromatic rings. The minimum absolute atomic E-state index is 0.828. The van der Waals surface area contributed by atoms with E-state index in [4.69, 9.17) is 10.7 Å². The highest BCUT2D eigenvalue weighted by Crippen LogP contribution is 2.37. The summed E-state index contributed by atoms with van der Waals surface area (Å²) >= 11 is 0. The van der Waals surface area contributed by atoms with Gasteiger partial charge in [-0.05, 0) is 112 Å². The number of nitrogens with zero attached hydrogens (tertiary/aromatic N) is 1. The molecule has 3 aliphatic carbocycles. The molecule has 0 amide bonds. The van der Waals surface area contributed by atoms with Crippen LogP contribution in [0.4, 0.5) is 0 Å². The number of allylic oxidation sites excluding steroid dienone is 10. The van der Waals surface area contributed by atoms with Crippen molar-refractivity contribution in [3.8, 4) is 0 Å². The Morgan fingerprint density at radius 2 is 1.66 bits per heavy atom. The lowest BCUT2D eigenvalue weighted by molar-refractivity contribution is 0.395.